The first-order chi connectivity index (χ1) is 9.11. The van der Waals surface area contributed by atoms with Crippen LogP contribution in [-0.2, 0) is 9.63 Å². The normalized spacial score (nSPS) is 18.4. The van der Waals surface area contributed by atoms with Crippen LogP contribution in [0, 0.1) is 0 Å². The van der Waals surface area contributed by atoms with Crippen molar-refractivity contribution in [2.45, 2.75) is 13.0 Å². The van der Waals surface area contributed by atoms with Gasteiger partial charge in [0.15, 0.2) is 5.11 Å². The molecule has 0 aromatic heterocycles. The van der Waals surface area contributed by atoms with E-state index < -0.39 is 0 Å². The predicted molar refractivity (Wildman–Crippen MR) is 72.7 cm³/mol. The molecule has 0 spiro atoms. The Labute approximate surface area is 115 Å². The lowest BCUT2D eigenvalue weighted by Gasteiger charge is -2.30. The van der Waals surface area contributed by atoms with E-state index in [-0.39, 0.29) is 18.3 Å². The molecule has 6 nitrogen and oxygen atoms in total. The monoisotopic (exact) mass is 279 g/mol. The Hall–Kier alpha value is -2.28. The van der Waals surface area contributed by atoms with Crippen LogP contribution in [0.15, 0.2) is 35.7 Å². The van der Waals surface area contributed by atoms with E-state index in [1.807, 2.05) is 13.0 Å². The third-order valence-electron chi connectivity index (χ3n) is 2.75. The molecule has 1 aromatic rings. The summed E-state index contributed by atoms with van der Waals surface area (Å²) in [5.41, 5.74) is 4.18. The van der Waals surface area contributed by atoms with E-state index in [2.05, 4.69) is 21.0 Å². The minimum atomic E-state index is -0.210. The first-order valence-electron chi connectivity index (χ1n) is 5.54. The fraction of sp³-hybridized carbons (Fsp3) is 0.167. The molecule has 1 aliphatic rings. The number of thiocarbonyl (C=S) groups is 1. The zero-order valence-electron chi connectivity index (χ0n) is 10.1. The van der Waals surface area contributed by atoms with E-state index in [0.29, 0.717) is 10.9 Å². The zero-order chi connectivity index (χ0) is 13.8. The van der Waals surface area contributed by atoms with E-state index in [9.17, 15) is 9.90 Å². The van der Waals surface area contributed by atoms with Crippen molar-refractivity contribution in [3.05, 3.63) is 41.2 Å². The van der Waals surface area contributed by atoms with Gasteiger partial charge >= 0.3 is 6.47 Å². The Bertz CT molecular complexity index is 545. The maximum absolute atomic E-state index is 10.2. The number of hydrogen-bond acceptors (Lipinski definition) is 5. The maximum atomic E-state index is 10.2. The maximum Gasteiger partial charge on any atom is 0.320 e. The van der Waals surface area contributed by atoms with E-state index in [4.69, 9.17) is 12.2 Å². The molecule has 0 saturated heterocycles. The molecule has 0 fully saturated rings. The van der Waals surface area contributed by atoms with Crippen molar-refractivity contribution in [2.24, 2.45) is 0 Å². The summed E-state index contributed by atoms with van der Waals surface area (Å²) in [7, 11) is 0. The summed E-state index contributed by atoms with van der Waals surface area (Å²) >= 11 is 5.09. The van der Waals surface area contributed by atoms with Gasteiger partial charge in [-0.25, -0.2) is 5.48 Å². The predicted octanol–water partition coefficient (Wildman–Crippen LogP) is 0.820. The minimum Gasteiger partial charge on any atom is -0.508 e. The summed E-state index contributed by atoms with van der Waals surface area (Å²) in [5, 5.41) is 15.9. The lowest BCUT2D eigenvalue weighted by Crippen LogP contribution is -2.47. The van der Waals surface area contributed by atoms with Crippen LogP contribution in [0.2, 0.25) is 0 Å². The standard InChI is InChI=1S/C12H13N3O3S/c1-7-10(8-3-2-4-9(17)5-8)13-12(19)14-11(7)15-18-6-16/h2-6,10,15,17H,1H3,(H2,13,14,19). The number of phenols is 1. The van der Waals surface area contributed by atoms with Crippen LogP contribution < -0.4 is 16.1 Å². The average molecular weight is 279 g/mol. The number of rotatable bonds is 4. The highest BCUT2D eigenvalue weighted by atomic mass is 32.1. The molecule has 4 N–H and O–H groups in total. The highest BCUT2D eigenvalue weighted by Gasteiger charge is 2.24. The third kappa shape index (κ3) is 2.94. The van der Waals surface area contributed by atoms with Gasteiger partial charge in [0.25, 0.3) is 0 Å². The van der Waals surface area contributed by atoms with Gasteiger partial charge in [-0.2, -0.15) is 0 Å². The number of carbonyl (C=O) groups is 1. The van der Waals surface area contributed by atoms with Crippen LogP contribution in [0.4, 0.5) is 0 Å². The van der Waals surface area contributed by atoms with Crippen LogP contribution in [-0.4, -0.2) is 16.7 Å². The van der Waals surface area contributed by atoms with Gasteiger partial charge in [-0.15, -0.1) is 0 Å². The van der Waals surface area contributed by atoms with Crippen molar-refractivity contribution < 1.29 is 14.7 Å². The molecule has 1 aromatic carbocycles. The zero-order valence-corrected chi connectivity index (χ0v) is 11.0. The van der Waals surface area contributed by atoms with Crippen molar-refractivity contribution in [3.8, 4) is 5.75 Å². The summed E-state index contributed by atoms with van der Waals surface area (Å²) in [6.07, 6.45) is 0. The first-order valence-corrected chi connectivity index (χ1v) is 5.95. The largest absolute Gasteiger partial charge is 0.508 e. The fourth-order valence-electron chi connectivity index (χ4n) is 1.86. The van der Waals surface area contributed by atoms with Crippen molar-refractivity contribution in [1.29, 1.82) is 0 Å². The number of hydroxylamine groups is 1. The second-order valence-corrected chi connectivity index (χ2v) is 4.41. The van der Waals surface area contributed by atoms with Gasteiger partial charge in [-0.05, 0) is 42.4 Å². The molecule has 1 unspecified atom stereocenters. The molecule has 0 aliphatic carbocycles. The second-order valence-electron chi connectivity index (χ2n) is 4.00. The highest BCUT2D eigenvalue weighted by molar-refractivity contribution is 7.80. The van der Waals surface area contributed by atoms with Crippen LogP contribution in [0.1, 0.15) is 18.5 Å². The Kier molecular flexibility index (Phi) is 3.86. The number of phenolic OH excluding ortho intramolecular Hbond substituents is 1. The summed E-state index contributed by atoms with van der Waals surface area (Å²) in [6.45, 7) is 2.14. The topological polar surface area (TPSA) is 82.6 Å². The van der Waals surface area contributed by atoms with Gasteiger partial charge in [0, 0.05) is 0 Å². The summed E-state index contributed by atoms with van der Waals surface area (Å²) < 4.78 is 0. The molecule has 0 radical (unpaired) electrons. The number of nitrogens with one attached hydrogen (secondary N) is 3. The molecule has 0 bridgehead atoms. The van der Waals surface area contributed by atoms with Crippen molar-refractivity contribution >= 4 is 23.8 Å². The molecule has 1 atom stereocenters. The lowest BCUT2D eigenvalue weighted by molar-refractivity contribution is -0.134. The second kappa shape index (κ2) is 5.57. The van der Waals surface area contributed by atoms with Crippen molar-refractivity contribution in [1.82, 2.24) is 16.1 Å². The van der Waals surface area contributed by atoms with Crippen LogP contribution in [0.3, 0.4) is 0 Å². The molecule has 7 heteroatoms. The van der Waals surface area contributed by atoms with Gasteiger partial charge < -0.3 is 20.6 Å². The van der Waals surface area contributed by atoms with Gasteiger partial charge in [0.05, 0.1) is 6.04 Å². The molecular weight excluding hydrogens is 266 g/mol. The molecule has 0 saturated carbocycles. The number of aromatic hydroxyl groups is 1. The third-order valence-corrected chi connectivity index (χ3v) is 2.97. The SMILES string of the molecule is CC1=C(NOC=O)NC(=S)NC1c1cccc(O)c1. The number of hydrogen-bond donors (Lipinski definition) is 4. The molecule has 1 aliphatic heterocycles. The average Bonchev–Trinajstić information content (AvgIpc) is 2.39. The smallest absolute Gasteiger partial charge is 0.320 e. The quantitative estimate of drug-likeness (QED) is 0.369. The highest BCUT2D eigenvalue weighted by Crippen LogP contribution is 2.27. The number of benzene rings is 1. The Morgan fingerprint density at radius 1 is 1.53 bits per heavy atom. The fourth-order valence-corrected chi connectivity index (χ4v) is 2.08. The molecule has 0 amide bonds. The first kappa shape index (κ1) is 13.2. The molecule has 100 valence electrons. The van der Waals surface area contributed by atoms with Gasteiger partial charge in [-0.3, -0.25) is 4.79 Å². The van der Waals surface area contributed by atoms with E-state index in [0.717, 1.165) is 11.1 Å². The molecule has 2 rings (SSSR count). The Balaban J connectivity index is 2.33. The molecule has 19 heavy (non-hydrogen) atoms. The summed E-state index contributed by atoms with van der Waals surface area (Å²) in [6, 6.07) is 6.65. The molecular formula is C12H13N3O3S. The van der Waals surface area contributed by atoms with Gasteiger partial charge in [-0.1, -0.05) is 12.1 Å². The van der Waals surface area contributed by atoms with E-state index in [1.165, 1.54) is 0 Å². The van der Waals surface area contributed by atoms with Crippen LogP contribution in [0.25, 0.3) is 0 Å². The Morgan fingerprint density at radius 3 is 3.00 bits per heavy atom. The summed E-state index contributed by atoms with van der Waals surface area (Å²) in [5.74, 6) is 0.680. The van der Waals surface area contributed by atoms with Gasteiger partial charge in [0.2, 0.25) is 0 Å². The summed E-state index contributed by atoms with van der Waals surface area (Å²) in [4.78, 5) is 14.7. The van der Waals surface area contributed by atoms with Crippen LogP contribution in [0.5, 0.6) is 5.75 Å². The van der Waals surface area contributed by atoms with Crippen molar-refractivity contribution in [3.63, 3.8) is 0 Å². The van der Waals surface area contributed by atoms with E-state index in [1.54, 1.807) is 18.2 Å². The van der Waals surface area contributed by atoms with E-state index >= 15 is 0 Å². The molecule has 1 heterocycles. The van der Waals surface area contributed by atoms with Crippen LogP contribution >= 0.6 is 12.2 Å². The van der Waals surface area contributed by atoms with Crippen molar-refractivity contribution in [2.75, 3.05) is 0 Å². The van der Waals surface area contributed by atoms with Gasteiger partial charge in [0.1, 0.15) is 11.6 Å². The minimum absolute atomic E-state index is 0.176. The Morgan fingerprint density at radius 2 is 2.32 bits per heavy atom. The number of carbonyl (C=O) groups excluding carboxylic acids is 1. The lowest BCUT2D eigenvalue weighted by atomic mass is 9.98.